The fourth-order valence-electron chi connectivity index (χ4n) is 3.24. The number of ether oxygens (including phenoxy) is 4. The first-order valence-corrected chi connectivity index (χ1v) is 8.83. The first kappa shape index (κ1) is 19.3. The molecule has 2 bridgehead atoms. The van der Waals surface area contributed by atoms with Gasteiger partial charge in [0.1, 0.15) is 17.8 Å². The van der Waals surface area contributed by atoms with Crippen molar-refractivity contribution >= 4 is 0 Å². The van der Waals surface area contributed by atoms with E-state index in [9.17, 15) is 9.59 Å². The third-order valence-corrected chi connectivity index (χ3v) is 4.33. The lowest BCUT2D eigenvalue weighted by atomic mass is 9.98. The lowest BCUT2D eigenvalue weighted by molar-refractivity contribution is -0.211. The molecule has 0 spiro atoms. The van der Waals surface area contributed by atoms with E-state index >= 15 is 0 Å². The van der Waals surface area contributed by atoms with E-state index in [1.54, 1.807) is 0 Å². The summed E-state index contributed by atoms with van der Waals surface area (Å²) < 4.78 is 25.8. The second kappa shape index (κ2) is 6.30. The summed E-state index contributed by atoms with van der Waals surface area (Å²) in [5.41, 5.74) is -2.58. The molecule has 1 aromatic heterocycles. The van der Waals surface area contributed by atoms with Crippen LogP contribution in [0.4, 0.5) is 0 Å². The average molecular weight is 368 g/mol. The molecular formula is C18H28N2O6. The van der Waals surface area contributed by atoms with Crippen LogP contribution in [0.15, 0.2) is 21.9 Å². The van der Waals surface area contributed by atoms with Crippen LogP contribution in [0.1, 0.15) is 47.8 Å². The molecule has 1 unspecified atom stereocenters. The van der Waals surface area contributed by atoms with Crippen LogP contribution in [-0.4, -0.2) is 51.8 Å². The lowest BCUT2D eigenvalue weighted by Crippen LogP contribution is -2.50. The maximum absolute atomic E-state index is 12.2. The number of nitrogens with zero attached hydrogens (tertiary/aromatic N) is 1. The lowest BCUT2D eigenvalue weighted by Gasteiger charge is -2.35. The number of rotatable bonds is 4. The molecule has 2 saturated heterocycles. The minimum atomic E-state index is -0.814. The van der Waals surface area contributed by atoms with Gasteiger partial charge in [0, 0.05) is 12.3 Å². The van der Waals surface area contributed by atoms with Crippen molar-refractivity contribution in [3.05, 3.63) is 33.1 Å². The summed E-state index contributed by atoms with van der Waals surface area (Å²) in [6.45, 7) is 12.4. The smallest absolute Gasteiger partial charge is 0.330 e. The predicted molar refractivity (Wildman–Crippen MR) is 94.2 cm³/mol. The second-order valence-electron chi connectivity index (χ2n) is 8.92. The van der Waals surface area contributed by atoms with E-state index in [2.05, 4.69) is 4.98 Å². The van der Waals surface area contributed by atoms with E-state index in [0.29, 0.717) is 6.61 Å². The Morgan fingerprint density at radius 2 is 1.92 bits per heavy atom. The van der Waals surface area contributed by atoms with Gasteiger partial charge >= 0.3 is 5.69 Å². The van der Waals surface area contributed by atoms with Crippen molar-refractivity contribution in [2.24, 2.45) is 0 Å². The van der Waals surface area contributed by atoms with E-state index in [0.717, 1.165) is 0 Å². The number of nitrogens with one attached hydrogen (secondary N) is 1. The van der Waals surface area contributed by atoms with Gasteiger partial charge in [-0.05, 0) is 41.5 Å². The molecule has 3 rings (SSSR count). The van der Waals surface area contributed by atoms with Gasteiger partial charge in [0.15, 0.2) is 6.23 Å². The Balaban J connectivity index is 1.94. The molecule has 8 nitrogen and oxygen atoms in total. The average Bonchev–Trinajstić information content (AvgIpc) is 2.95. The van der Waals surface area contributed by atoms with E-state index < -0.39 is 40.9 Å². The van der Waals surface area contributed by atoms with Crippen molar-refractivity contribution in [2.75, 3.05) is 13.2 Å². The summed E-state index contributed by atoms with van der Waals surface area (Å²) >= 11 is 0. The Hall–Kier alpha value is -1.48. The summed E-state index contributed by atoms with van der Waals surface area (Å²) in [7, 11) is 0. The maximum Gasteiger partial charge on any atom is 0.330 e. The Morgan fingerprint density at radius 3 is 2.50 bits per heavy atom. The molecule has 1 N–H and O–H groups in total. The van der Waals surface area contributed by atoms with Crippen LogP contribution < -0.4 is 11.2 Å². The zero-order chi connectivity index (χ0) is 19.3. The van der Waals surface area contributed by atoms with Gasteiger partial charge in [0.05, 0.1) is 24.4 Å². The van der Waals surface area contributed by atoms with Crippen LogP contribution in [0.2, 0.25) is 0 Å². The molecule has 2 fully saturated rings. The molecule has 0 aromatic carbocycles. The van der Waals surface area contributed by atoms with Gasteiger partial charge in [-0.3, -0.25) is 14.3 Å². The molecule has 0 radical (unpaired) electrons. The molecule has 146 valence electrons. The fraction of sp³-hybridized carbons (Fsp3) is 0.778. The third kappa shape index (κ3) is 3.78. The monoisotopic (exact) mass is 368 g/mol. The van der Waals surface area contributed by atoms with E-state index in [-0.39, 0.29) is 12.2 Å². The van der Waals surface area contributed by atoms with Crippen LogP contribution in [0, 0.1) is 0 Å². The molecule has 0 aliphatic carbocycles. The highest BCUT2D eigenvalue weighted by molar-refractivity contribution is 5.09. The predicted octanol–water partition coefficient (Wildman–Crippen LogP) is 1.20. The van der Waals surface area contributed by atoms with E-state index in [1.807, 2.05) is 41.5 Å². The number of hydrogen-bond acceptors (Lipinski definition) is 6. The van der Waals surface area contributed by atoms with Crippen LogP contribution in [0.25, 0.3) is 0 Å². The number of H-pyrrole nitrogens is 1. The van der Waals surface area contributed by atoms with Gasteiger partial charge in [-0.25, -0.2) is 4.79 Å². The Morgan fingerprint density at radius 1 is 1.23 bits per heavy atom. The van der Waals surface area contributed by atoms with Crippen molar-refractivity contribution in [3.8, 4) is 0 Å². The zero-order valence-electron chi connectivity index (χ0n) is 16.2. The normalized spacial score (nSPS) is 31.5. The summed E-state index contributed by atoms with van der Waals surface area (Å²) in [6, 6.07) is 1.29. The van der Waals surface area contributed by atoms with Gasteiger partial charge in [-0.15, -0.1) is 0 Å². The quantitative estimate of drug-likeness (QED) is 0.859. The van der Waals surface area contributed by atoms with Crippen molar-refractivity contribution in [3.63, 3.8) is 0 Å². The highest BCUT2D eigenvalue weighted by atomic mass is 16.7. The maximum atomic E-state index is 12.2. The summed E-state index contributed by atoms with van der Waals surface area (Å²) in [5.74, 6) is 0. The molecule has 0 saturated carbocycles. The minimum absolute atomic E-state index is 0.280. The van der Waals surface area contributed by atoms with Gasteiger partial charge < -0.3 is 18.9 Å². The molecule has 4 atom stereocenters. The Kier molecular flexibility index (Phi) is 4.67. The molecule has 3 heterocycles. The van der Waals surface area contributed by atoms with E-state index in [1.165, 1.54) is 16.8 Å². The Labute approximate surface area is 152 Å². The van der Waals surface area contributed by atoms with Crippen LogP contribution in [0.5, 0.6) is 0 Å². The summed E-state index contributed by atoms with van der Waals surface area (Å²) in [4.78, 5) is 25.8. The largest absolute Gasteiger partial charge is 0.373 e. The number of fused-ring (bicyclic) bond motifs is 2. The molecule has 2 aliphatic rings. The molecule has 1 aromatic rings. The van der Waals surface area contributed by atoms with Gasteiger partial charge in [-0.1, -0.05) is 0 Å². The minimum Gasteiger partial charge on any atom is -0.373 e. The van der Waals surface area contributed by atoms with Crippen LogP contribution in [-0.2, 0) is 18.9 Å². The molecule has 2 aliphatic heterocycles. The van der Waals surface area contributed by atoms with Crippen LogP contribution >= 0.6 is 0 Å². The van der Waals surface area contributed by atoms with E-state index in [4.69, 9.17) is 18.9 Å². The third-order valence-electron chi connectivity index (χ3n) is 4.33. The standard InChI is InChI=1S/C18H28N2O6/c1-16(2,3)24-10-18-9-23-12(13(18)25-17(4,5)6)14(26-18)20-8-7-11(21)19-15(20)22/h7-8,12-14H,9-10H2,1-6H3,(H,19,21,22)/t12-,13?,14+,18+/m0/s1. The highest BCUT2D eigenvalue weighted by Crippen LogP contribution is 2.47. The van der Waals surface area contributed by atoms with Gasteiger partial charge in [0.25, 0.3) is 5.56 Å². The van der Waals surface area contributed by atoms with Crippen molar-refractivity contribution in [1.29, 1.82) is 0 Å². The SMILES string of the molecule is CC(C)(C)OC[C@]12CO[C@@H](C1OC(C)(C)C)[C@H](n1ccc(=O)[nH]c1=O)O2. The number of hydrogen-bond donors (Lipinski definition) is 1. The summed E-state index contributed by atoms with van der Waals surface area (Å²) in [6.07, 6.45) is -0.137. The van der Waals surface area contributed by atoms with Crippen molar-refractivity contribution in [1.82, 2.24) is 9.55 Å². The van der Waals surface area contributed by atoms with Crippen molar-refractivity contribution in [2.45, 2.75) is 76.8 Å². The number of aromatic amines is 1. The van der Waals surface area contributed by atoms with Crippen LogP contribution in [0.3, 0.4) is 0 Å². The highest BCUT2D eigenvalue weighted by Gasteiger charge is 2.64. The van der Waals surface area contributed by atoms with Crippen molar-refractivity contribution < 1.29 is 18.9 Å². The Bertz CT molecular complexity index is 771. The first-order valence-electron chi connectivity index (χ1n) is 8.83. The fourth-order valence-corrected chi connectivity index (χ4v) is 3.24. The first-order chi connectivity index (χ1) is 11.9. The molecule has 26 heavy (non-hydrogen) atoms. The molecule has 0 amide bonds. The number of aromatic nitrogens is 2. The second-order valence-corrected chi connectivity index (χ2v) is 8.92. The summed E-state index contributed by atoms with van der Waals surface area (Å²) in [5, 5.41) is 0. The zero-order valence-corrected chi connectivity index (χ0v) is 16.2. The molecular weight excluding hydrogens is 340 g/mol. The topological polar surface area (TPSA) is 91.8 Å². The van der Waals surface area contributed by atoms with Gasteiger partial charge in [-0.2, -0.15) is 0 Å². The molecule has 8 heteroatoms. The van der Waals surface area contributed by atoms with Gasteiger partial charge in [0.2, 0.25) is 0 Å².